The van der Waals surface area contributed by atoms with E-state index in [1.807, 2.05) is 50.2 Å². The number of para-hydroxylation sites is 1. The SMILES string of the molecule is COc1ccccc1CNC(=O)[C@@H](CC(C)C)NC(=O)[C@@H]1Cc2ccccc2CN1.Cl. The first kappa shape index (κ1) is 24.7. The number of ether oxygens (including phenoxy) is 1. The average molecular weight is 446 g/mol. The monoisotopic (exact) mass is 445 g/mol. The van der Waals surface area contributed by atoms with E-state index in [2.05, 4.69) is 28.1 Å². The third-order valence-corrected chi connectivity index (χ3v) is 5.38. The van der Waals surface area contributed by atoms with E-state index in [4.69, 9.17) is 4.74 Å². The molecule has 2 aromatic carbocycles. The second kappa shape index (κ2) is 11.7. The first-order valence-electron chi connectivity index (χ1n) is 10.5. The Morgan fingerprint density at radius 2 is 1.77 bits per heavy atom. The number of nitrogens with one attached hydrogen (secondary N) is 3. The van der Waals surface area contributed by atoms with Crippen molar-refractivity contribution in [2.45, 2.75) is 51.9 Å². The van der Waals surface area contributed by atoms with Crippen LogP contribution in [-0.2, 0) is 29.1 Å². The zero-order valence-corrected chi connectivity index (χ0v) is 19.1. The summed E-state index contributed by atoms with van der Waals surface area (Å²) in [5, 5.41) is 9.20. The fourth-order valence-electron chi connectivity index (χ4n) is 3.77. The van der Waals surface area contributed by atoms with Crippen LogP contribution in [0.15, 0.2) is 48.5 Å². The number of carbonyl (C=O) groups is 2. The minimum absolute atomic E-state index is 0. The van der Waals surface area contributed by atoms with Crippen molar-refractivity contribution in [3.63, 3.8) is 0 Å². The third kappa shape index (κ3) is 6.71. The molecule has 0 saturated carbocycles. The minimum atomic E-state index is -0.578. The molecule has 0 aromatic heterocycles. The van der Waals surface area contributed by atoms with Crippen LogP contribution in [0.1, 0.15) is 37.0 Å². The van der Waals surface area contributed by atoms with Crippen LogP contribution < -0.4 is 20.7 Å². The highest BCUT2D eigenvalue weighted by Gasteiger charge is 2.28. The van der Waals surface area contributed by atoms with E-state index in [0.717, 1.165) is 11.3 Å². The van der Waals surface area contributed by atoms with Crippen LogP contribution in [0.5, 0.6) is 5.75 Å². The van der Waals surface area contributed by atoms with E-state index in [1.165, 1.54) is 11.1 Å². The number of fused-ring (bicyclic) bond motifs is 1. The quantitative estimate of drug-likeness (QED) is 0.583. The van der Waals surface area contributed by atoms with Gasteiger partial charge >= 0.3 is 0 Å². The molecule has 168 valence electrons. The van der Waals surface area contributed by atoms with Gasteiger partial charge in [-0.05, 0) is 36.0 Å². The van der Waals surface area contributed by atoms with Gasteiger partial charge < -0.3 is 20.7 Å². The van der Waals surface area contributed by atoms with Crippen molar-refractivity contribution >= 4 is 24.2 Å². The lowest BCUT2D eigenvalue weighted by Gasteiger charge is -2.28. The Labute approximate surface area is 190 Å². The molecule has 0 radical (unpaired) electrons. The van der Waals surface area contributed by atoms with Gasteiger partial charge in [-0.1, -0.05) is 56.3 Å². The molecule has 0 bridgehead atoms. The molecule has 0 aliphatic carbocycles. The first-order chi connectivity index (χ1) is 14.5. The molecule has 0 unspecified atom stereocenters. The Bertz CT molecular complexity index is 888. The number of halogens is 1. The summed E-state index contributed by atoms with van der Waals surface area (Å²) >= 11 is 0. The van der Waals surface area contributed by atoms with Crippen molar-refractivity contribution in [3.05, 3.63) is 65.2 Å². The maximum absolute atomic E-state index is 12.9. The molecule has 1 aliphatic rings. The molecule has 0 fully saturated rings. The first-order valence-corrected chi connectivity index (χ1v) is 10.5. The van der Waals surface area contributed by atoms with Crippen molar-refractivity contribution < 1.29 is 14.3 Å². The van der Waals surface area contributed by atoms with Gasteiger partial charge in [0.05, 0.1) is 13.2 Å². The molecule has 0 spiro atoms. The molecule has 1 heterocycles. The highest BCUT2D eigenvalue weighted by atomic mass is 35.5. The number of methoxy groups -OCH3 is 1. The Balaban J connectivity index is 0.00000341. The lowest BCUT2D eigenvalue weighted by molar-refractivity contribution is -0.130. The summed E-state index contributed by atoms with van der Waals surface area (Å²) in [6, 6.07) is 14.8. The van der Waals surface area contributed by atoms with E-state index >= 15 is 0 Å². The summed E-state index contributed by atoms with van der Waals surface area (Å²) in [4.78, 5) is 25.8. The summed E-state index contributed by atoms with van der Waals surface area (Å²) in [5.41, 5.74) is 3.29. The van der Waals surface area contributed by atoms with E-state index in [1.54, 1.807) is 7.11 Å². The summed E-state index contributed by atoms with van der Waals surface area (Å²) in [6.45, 7) is 5.09. The van der Waals surface area contributed by atoms with Crippen LogP contribution >= 0.6 is 12.4 Å². The van der Waals surface area contributed by atoms with Gasteiger partial charge in [0.15, 0.2) is 0 Å². The number of rotatable bonds is 8. The summed E-state index contributed by atoms with van der Waals surface area (Å²) in [5.74, 6) is 0.682. The topological polar surface area (TPSA) is 79.5 Å². The standard InChI is InChI=1S/C24H31N3O3.ClH/c1-16(2)12-21(23(28)26-15-19-10-6-7-11-22(19)30-3)27-24(29)20-13-17-8-4-5-9-18(17)14-25-20;/h4-11,16,20-21,25H,12-15H2,1-3H3,(H,26,28)(H,27,29);1H/t20-,21+;/m0./s1. The molecule has 2 amide bonds. The van der Waals surface area contributed by atoms with Gasteiger partial charge in [0.1, 0.15) is 11.8 Å². The molecule has 31 heavy (non-hydrogen) atoms. The Kier molecular flexibility index (Phi) is 9.34. The lowest BCUT2D eigenvalue weighted by Crippen LogP contribution is -2.54. The summed E-state index contributed by atoms with van der Waals surface area (Å²) < 4.78 is 5.35. The van der Waals surface area contributed by atoms with Crippen LogP contribution in [0.2, 0.25) is 0 Å². The molecule has 3 N–H and O–H groups in total. The lowest BCUT2D eigenvalue weighted by atomic mass is 9.95. The molecule has 1 aliphatic heterocycles. The average Bonchev–Trinajstić information content (AvgIpc) is 2.76. The van der Waals surface area contributed by atoms with Gasteiger partial charge in [-0.15, -0.1) is 12.4 Å². The van der Waals surface area contributed by atoms with Gasteiger partial charge in [-0.2, -0.15) is 0 Å². The maximum Gasteiger partial charge on any atom is 0.242 e. The molecule has 2 aromatic rings. The fourth-order valence-corrected chi connectivity index (χ4v) is 3.77. The predicted molar refractivity (Wildman–Crippen MR) is 124 cm³/mol. The van der Waals surface area contributed by atoms with Crippen molar-refractivity contribution in [1.29, 1.82) is 0 Å². The second-order valence-corrected chi connectivity index (χ2v) is 8.13. The highest BCUT2D eigenvalue weighted by molar-refractivity contribution is 5.90. The van der Waals surface area contributed by atoms with E-state index in [-0.39, 0.29) is 36.2 Å². The second-order valence-electron chi connectivity index (χ2n) is 8.13. The summed E-state index contributed by atoms with van der Waals surface area (Å²) in [6.07, 6.45) is 1.20. The zero-order valence-electron chi connectivity index (χ0n) is 18.3. The van der Waals surface area contributed by atoms with Crippen molar-refractivity contribution in [2.75, 3.05) is 7.11 Å². The van der Waals surface area contributed by atoms with Gasteiger partial charge in [-0.3, -0.25) is 9.59 Å². The van der Waals surface area contributed by atoms with Crippen LogP contribution in [0, 0.1) is 5.92 Å². The molecule has 2 atom stereocenters. The molecule has 7 heteroatoms. The number of hydrogen-bond donors (Lipinski definition) is 3. The molecular formula is C24H32ClN3O3. The van der Waals surface area contributed by atoms with Gasteiger partial charge in [0.25, 0.3) is 0 Å². The Morgan fingerprint density at radius 3 is 2.48 bits per heavy atom. The molecule has 3 rings (SSSR count). The molecule has 0 saturated heterocycles. The fraction of sp³-hybridized carbons (Fsp3) is 0.417. The van der Waals surface area contributed by atoms with E-state index < -0.39 is 6.04 Å². The number of carbonyl (C=O) groups excluding carboxylic acids is 2. The van der Waals surface area contributed by atoms with Gasteiger partial charge in [0.2, 0.25) is 11.8 Å². The van der Waals surface area contributed by atoms with Crippen molar-refractivity contribution in [2.24, 2.45) is 5.92 Å². The van der Waals surface area contributed by atoms with Crippen LogP contribution in [0.3, 0.4) is 0 Å². The largest absolute Gasteiger partial charge is 0.496 e. The Morgan fingerprint density at radius 1 is 1.10 bits per heavy atom. The number of hydrogen-bond acceptors (Lipinski definition) is 4. The Hall–Kier alpha value is -2.57. The highest BCUT2D eigenvalue weighted by Crippen LogP contribution is 2.18. The molecule has 6 nitrogen and oxygen atoms in total. The number of amides is 2. The predicted octanol–water partition coefficient (Wildman–Crippen LogP) is 2.98. The third-order valence-electron chi connectivity index (χ3n) is 5.38. The van der Waals surface area contributed by atoms with Crippen molar-refractivity contribution in [1.82, 2.24) is 16.0 Å². The normalized spacial score (nSPS) is 15.9. The van der Waals surface area contributed by atoms with Crippen LogP contribution in [-0.4, -0.2) is 31.0 Å². The van der Waals surface area contributed by atoms with Gasteiger partial charge in [-0.25, -0.2) is 0 Å². The summed E-state index contributed by atoms with van der Waals surface area (Å²) in [7, 11) is 1.61. The zero-order chi connectivity index (χ0) is 21.5. The van der Waals surface area contributed by atoms with Crippen molar-refractivity contribution in [3.8, 4) is 5.75 Å². The van der Waals surface area contributed by atoms with E-state index in [0.29, 0.717) is 25.9 Å². The smallest absolute Gasteiger partial charge is 0.242 e. The maximum atomic E-state index is 12.9. The van der Waals surface area contributed by atoms with Crippen LogP contribution in [0.4, 0.5) is 0 Å². The molecular weight excluding hydrogens is 414 g/mol. The van der Waals surface area contributed by atoms with Crippen LogP contribution in [0.25, 0.3) is 0 Å². The van der Waals surface area contributed by atoms with Gasteiger partial charge in [0, 0.05) is 18.7 Å². The minimum Gasteiger partial charge on any atom is -0.496 e. The number of benzene rings is 2. The van der Waals surface area contributed by atoms with E-state index in [9.17, 15) is 9.59 Å².